The molecule has 0 saturated carbocycles. The van der Waals surface area contributed by atoms with Gasteiger partial charge in [-0.05, 0) is 25.7 Å². The summed E-state index contributed by atoms with van der Waals surface area (Å²) in [6.07, 6.45) is 1.96. The van der Waals surface area contributed by atoms with E-state index in [-0.39, 0.29) is 30.0 Å². The maximum atomic E-state index is 11.7. The van der Waals surface area contributed by atoms with Gasteiger partial charge in [0.25, 0.3) is 0 Å². The number of hydrogen-bond acceptors (Lipinski definition) is 4. The second-order valence-corrected chi connectivity index (χ2v) is 8.15. The van der Waals surface area contributed by atoms with E-state index in [0.717, 1.165) is 12.8 Å². The number of rotatable bonds is 6. The van der Waals surface area contributed by atoms with Crippen molar-refractivity contribution >= 4 is 15.8 Å². The van der Waals surface area contributed by atoms with Crippen LogP contribution in [0.2, 0.25) is 0 Å². The molecule has 1 rings (SSSR count). The molecule has 0 radical (unpaired) electrons. The van der Waals surface area contributed by atoms with Gasteiger partial charge < -0.3 is 5.11 Å². The lowest BCUT2D eigenvalue weighted by atomic mass is 10.0. The van der Waals surface area contributed by atoms with Crippen LogP contribution in [-0.2, 0) is 14.6 Å². The highest BCUT2D eigenvalue weighted by molar-refractivity contribution is 7.91. The topological polar surface area (TPSA) is 74.7 Å². The lowest BCUT2D eigenvalue weighted by Gasteiger charge is -2.39. The van der Waals surface area contributed by atoms with Crippen LogP contribution < -0.4 is 0 Å². The van der Waals surface area contributed by atoms with Gasteiger partial charge in [-0.15, -0.1) is 0 Å². The Balaban J connectivity index is 2.70. The number of carboxylic acid groups (broad SMARTS) is 1. The maximum absolute atomic E-state index is 11.7. The molecule has 1 heterocycles. The summed E-state index contributed by atoms with van der Waals surface area (Å²) < 4.78 is 23.3. The van der Waals surface area contributed by atoms with Crippen molar-refractivity contribution in [2.24, 2.45) is 5.92 Å². The number of aliphatic carboxylic acids is 1. The van der Waals surface area contributed by atoms with E-state index in [9.17, 15) is 13.2 Å². The molecule has 0 amide bonds. The largest absolute Gasteiger partial charge is 0.481 e. The highest BCUT2D eigenvalue weighted by Crippen LogP contribution is 2.21. The number of sulfone groups is 1. The van der Waals surface area contributed by atoms with E-state index in [1.54, 1.807) is 0 Å². The second kappa shape index (κ2) is 6.70. The molecule has 0 aromatic carbocycles. The van der Waals surface area contributed by atoms with Crippen molar-refractivity contribution in [1.29, 1.82) is 0 Å². The van der Waals surface area contributed by atoms with Gasteiger partial charge in [0.05, 0.1) is 17.9 Å². The highest BCUT2D eigenvalue weighted by Gasteiger charge is 2.34. The van der Waals surface area contributed by atoms with E-state index in [4.69, 9.17) is 5.11 Å². The Morgan fingerprint density at radius 2 is 1.95 bits per heavy atom. The predicted molar refractivity (Wildman–Crippen MR) is 74.9 cm³/mol. The Bertz CT molecular complexity index is 405. The van der Waals surface area contributed by atoms with Crippen LogP contribution in [-0.4, -0.2) is 54.5 Å². The Labute approximate surface area is 115 Å². The van der Waals surface area contributed by atoms with E-state index < -0.39 is 15.8 Å². The maximum Gasteiger partial charge on any atom is 0.304 e. The smallest absolute Gasteiger partial charge is 0.304 e. The van der Waals surface area contributed by atoms with Crippen LogP contribution in [0.3, 0.4) is 0 Å². The average molecular weight is 291 g/mol. The molecule has 0 spiro atoms. The number of hydrogen-bond donors (Lipinski definition) is 1. The van der Waals surface area contributed by atoms with Crippen LogP contribution in [0, 0.1) is 5.92 Å². The van der Waals surface area contributed by atoms with Gasteiger partial charge in [0.1, 0.15) is 0 Å². The molecular weight excluding hydrogens is 266 g/mol. The third-order valence-corrected chi connectivity index (χ3v) is 5.41. The van der Waals surface area contributed by atoms with E-state index in [1.807, 2.05) is 0 Å². The molecule has 0 aliphatic carbocycles. The fourth-order valence-corrected chi connectivity index (χ4v) is 4.15. The minimum Gasteiger partial charge on any atom is -0.481 e. The fraction of sp³-hybridized carbons (Fsp3) is 0.923. The third-order valence-electron chi connectivity index (χ3n) is 3.71. The average Bonchev–Trinajstić information content (AvgIpc) is 2.24. The first-order valence-corrected chi connectivity index (χ1v) is 8.71. The lowest BCUT2D eigenvalue weighted by Crippen LogP contribution is -2.52. The van der Waals surface area contributed by atoms with Gasteiger partial charge in [-0.3, -0.25) is 9.69 Å². The second-order valence-electron chi connectivity index (χ2n) is 5.92. The zero-order valence-corrected chi connectivity index (χ0v) is 12.8. The lowest BCUT2D eigenvalue weighted by molar-refractivity contribution is -0.138. The van der Waals surface area contributed by atoms with Crippen LogP contribution in [0.15, 0.2) is 0 Å². The fourth-order valence-electron chi connectivity index (χ4n) is 2.60. The Kier molecular flexibility index (Phi) is 5.80. The number of nitrogens with zero attached hydrogens (tertiary/aromatic N) is 1. The molecule has 19 heavy (non-hydrogen) atoms. The molecule has 1 N–H and O–H groups in total. The van der Waals surface area contributed by atoms with Crippen molar-refractivity contribution in [1.82, 2.24) is 4.90 Å². The molecule has 1 aliphatic rings. The Morgan fingerprint density at radius 1 is 1.32 bits per heavy atom. The Morgan fingerprint density at radius 3 is 2.47 bits per heavy atom. The zero-order chi connectivity index (χ0) is 14.6. The van der Waals surface area contributed by atoms with Gasteiger partial charge in [-0.2, -0.15) is 0 Å². The number of carboxylic acids is 1. The van der Waals surface area contributed by atoms with Crippen LogP contribution in [0.25, 0.3) is 0 Å². The third kappa shape index (κ3) is 5.48. The molecule has 6 heteroatoms. The van der Waals surface area contributed by atoms with Crippen molar-refractivity contribution in [3.05, 3.63) is 0 Å². The summed E-state index contributed by atoms with van der Waals surface area (Å²) >= 11 is 0. The summed E-state index contributed by atoms with van der Waals surface area (Å²) in [6, 6.07) is -0.138. The van der Waals surface area contributed by atoms with Crippen molar-refractivity contribution < 1.29 is 18.3 Å². The molecule has 1 saturated heterocycles. The van der Waals surface area contributed by atoms with Gasteiger partial charge in [0.2, 0.25) is 0 Å². The minimum atomic E-state index is -3.08. The summed E-state index contributed by atoms with van der Waals surface area (Å²) in [5.41, 5.74) is 0. The first kappa shape index (κ1) is 16.4. The highest BCUT2D eigenvalue weighted by atomic mass is 32.2. The molecule has 5 nitrogen and oxygen atoms in total. The first-order chi connectivity index (χ1) is 8.71. The van der Waals surface area contributed by atoms with Gasteiger partial charge in [0, 0.05) is 18.6 Å². The van der Waals surface area contributed by atoms with Crippen molar-refractivity contribution in [3.8, 4) is 0 Å². The Hall–Kier alpha value is -0.620. The predicted octanol–water partition coefficient (Wildman–Crippen LogP) is 1.38. The molecule has 1 aliphatic heterocycles. The molecule has 0 aromatic rings. The molecule has 112 valence electrons. The van der Waals surface area contributed by atoms with E-state index in [0.29, 0.717) is 12.5 Å². The summed E-state index contributed by atoms with van der Waals surface area (Å²) in [6.45, 7) is 6.83. The zero-order valence-electron chi connectivity index (χ0n) is 12.0. The summed E-state index contributed by atoms with van der Waals surface area (Å²) in [4.78, 5) is 13.0. The summed E-state index contributed by atoms with van der Waals surface area (Å²) in [5, 5.41) is 8.93. The quantitative estimate of drug-likeness (QED) is 0.800. The monoisotopic (exact) mass is 291 g/mol. The molecular formula is C13H25NO4S. The van der Waals surface area contributed by atoms with Crippen LogP contribution in [0.5, 0.6) is 0 Å². The van der Waals surface area contributed by atoms with Gasteiger partial charge >= 0.3 is 5.97 Å². The summed E-state index contributed by atoms with van der Waals surface area (Å²) in [5.74, 6) is -0.197. The molecule has 2 unspecified atom stereocenters. The minimum absolute atomic E-state index is 0.0225. The first-order valence-electron chi connectivity index (χ1n) is 6.89. The van der Waals surface area contributed by atoms with Crippen molar-refractivity contribution in [3.63, 3.8) is 0 Å². The van der Waals surface area contributed by atoms with Gasteiger partial charge in [-0.1, -0.05) is 13.8 Å². The van der Waals surface area contributed by atoms with Crippen LogP contribution in [0.1, 0.15) is 40.0 Å². The van der Waals surface area contributed by atoms with Gasteiger partial charge in [0.15, 0.2) is 9.84 Å². The van der Waals surface area contributed by atoms with Crippen molar-refractivity contribution in [2.45, 2.75) is 52.1 Å². The van der Waals surface area contributed by atoms with E-state index in [2.05, 4.69) is 25.7 Å². The van der Waals surface area contributed by atoms with Crippen LogP contribution in [0.4, 0.5) is 0 Å². The van der Waals surface area contributed by atoms with Crippen molar-refractivity contribution in [2.75, 3.05) is 18.1 Å². The SMILES string of the molecule is CC(C)CCC(C)N1CCS(=O)(=O)CC1CC(=O)O. The molecule has 0 bridgehead atoms. The van der Waals surface area contributed by atoms with Gasteiger partial charge in [-0.25, -0.2) is 8.42 Å². The van der Waals surface area contributed by atoms with E-state index >= 15 is 0 Å². The number of carbonyl (C=O) groups is 1. The molecule has 2 atom stereocenters. The van der Waals surface area contributed by atoms with Crippen LogP contribution >= 0.6 is 0 Å². The molecule has 1 fully saturated rings. The van der Waals surface area contributed by atoms with E-state index in [1.165, 1.54) is 0 Å². The normalized spacial score (nSPS) is 25.4. The molecule has 0 aromatic heterocycles. The summed E-state index contributed by atoms with van der Waals surface area (Å²) in [7, 11) is -3.08. The standard InChI is InChI=1S/C13H25NO4S/c1-10(2)4-5-11(3)14-6-7-19(17,18)9-12(14)8-13(15)16/h10-12H,4-9H2,1-3H3,(H,15,16).